The summed E-state index contributed by atoms with van der Waals surface area (Å²) < 4.78 is 10.6. The van der Waals surface area contributed by atoms with E-state index in [1.165, 1.54) is 0 Å². The first-order valence-electron chi connectivity index (χ1n) is 9.00. The molecular weight excluding hydrogens is 344 g/mol. The molecule has 1 saturated heterocycles. The van der Waals surface area contributed by atoms with E-state index in [0.717, 1.165) is 36.2 Å². The van der Waals surface area contributed by atoms with Crippen LogP contribution < -0.4 is 14.4 Å². The number of nitrogens with zero attached hydrogens (tertiary/aromatic N) is 3. The monoisotopic (exact) mass is 366 g/mol. The maximum Gasteiger partial charge on any atom is 0.167 e. The lowest BCUT2D eigenvalue weighted by Crippen LogP contribution is -2.39. The molecule has 0 spiro atoms. The molecule has 27 heavy (non-hydrogen) atoms. The molecule has 1 N–H and O–H groups in total. The second-order valence-electron chi connectivity index (χ2n) is 6.66. The number of Topliss-reactive ketones (excluding diaryl/α,β-unsaturated/α-hetero) is 1. The summed E-state index contributed by atoms with van der Waals surface area (Å²) in [5.41, 5.74) is 1.46. The topological polar surface area (TPSA) is 80.3 Å². The number of piperidine rings is 1. The van der Waals surface area contributed by atoms with Gasteiger partial charge in [-0.25, -0.2) is 9.97 Å². The zero-order chi connectivity index (χ0) is 18.8. The highest BCUT2D eigenvalue weighted by molar-refractivity contribution is 5.99. The molecule has 0 unspecified atom stereocenters. The van der Waals surface area contributed by atoms with Crippen molar-refractivity contribution in [2.75, 3.05) is 32.2 Å². The van der Waals surface area contributed by atoms with Crippen molar-refractivity contribution in [2.45, 2.75) is 12.8 Å². The number of H-pyrrole nitrogens is 1. The standard InChI is InChI=1S/C20H22N4O3/c1-26-16-6-5-13(10-17(16)27-2)18(25)14-4-3-9-24(11-14)20-15-7-8-21-19(15)22-12-23-20/h5-8,10,12,14H,3-4,9,11H2,1-2H3,(H,21,22,23)/t14-/m0/s1. The van der Waals surface area contributed by atoms with Gasteiger partial charge in [0.2, 0.25) is 0 Å². The van der Waals surface area contributed by atoms with E-state index in [-0.39, 0.29) is 11.7 Å². The van der Waals surface area contributed by atoms with Gasteiger partial charge in [0.1, 0.15) is 17.8 Å². The van der Waals surface area contributed by atoms with E-state index < -0.39 is 0 Å². The van der Waals surface area contributed by atoms with E-state index in [2.05, 4.69) is 19.9 Å². The minimum Gasteiger partial charge on any atom is -0.493 e. The van der Waals surface area contributed by atoms with E-state index in [1.807, 2.05) is 12.3 Å². The van der Waals surface area contributed by atoms with E-state index in [0.29, 0.717) is 23.6 Å². The number of ether oxygens (including phenoxy) is 2. The van der Waals surface area contributed by atoms with Gasteiger partial charge in [-0.2, -0.15) is 0 Å². The highest BCUT2D eigenvalue weighted by Gasteiger charge is 2.28. The molecule has 3 aromatic rings. The molecule has 3 heterocycles. The van der Waals surface area contributed by atoms with E-state index in [1.54, 1.807) is 38.7 Å². The Labute approximate surface area is 157 Å². The van der Waals surface area contributed by atoms with E-state index >= 15 is 0 Å². The van der Waals surface area contributed by atoms with Crippen LogP contribution in [0, 0.1) is 5.92 Å². The first kappa shape index (κ1) is 17.3. The number of ketones is 1. The van der Waals surface area contributed by atoms with Gasteiger partial charge < -0.3 is 19.4 Å². The molecule has 0 radical (unpaired) electrons. The molecule has 7 heteroatoms. The fraction of sp³-hybridized carbons (Fsp3) is 0.350. The van der Waals surface area contributed by atoms with Crippen LogP contribution in [0.4, 0.5) is 5.82 Å². The van der Waals surface area contributed by atoms with E-state index in [4.69, 9.17) is 9.47 Å². The second-order valence-corrected chi connectivity index (χ2v) is 6.66. The lowest BCUT2D eigenvalue weighted by Gasteiger charge is -2.33. The molecule has 1 fully saturated rings. The average Bonchev–Trinajstić information content (AvgIpc) is 3.21. The second kappa shape index (κ2) is 7.26. The number of rotatable bonds is 5. The third-order valence-corrected chi connectivity index (χ3v) is 5.09. The number of hydrogen-bond donors (Lipinski definition) is 1. The van der Waals surface area contributed by atoms with Crippen molar-refractivity contribution in [1.29, 1.82) is 0 Å². The number of methoxy groups -OCH3 is 2. The van der Waals surface area contributed by atoms with Crippen LogP contribution in [0.2, 0.25) is 0 Å². The smallest absolute Gasteiger partial charge is 0.167 e. The third-order valence-electron chi connectivity index (χ3n) is 5.09. The predicted octanol–water partition coefficient (Wildman–Crippen LogP) is 3.07. The predicted molar refractivity (Wildman–Crippen MR) is 103 cm³/mol. The molecule has 4 rings (SSSR count). The summed E-state index contributed by atoms with van der Waals surface area (Å²) in [5, 5.41) is 0.983. The number of hydrogen-bond acceptors (Lipinski definition) is 6. The van der Waals surface area contributed by atoms with Crippen molar-refractivity contribution >= 4 is 22.6 Å². The summed E-state index contributed by atoms with van der Waals surface area (Å²) in [4.78, 5) is 27.1. The lowest BCUT2D eigenvalue weighted by molar-refractivity contribution is 0.0906. The molecule has 1 atom stereocenters. The minimum atomic E-state index is -0.0826. The van der Waals surface area contributed by atoms with Gasteiger partial charge in [0, 0.05) is 30.8 Å². The van der Waals surface area contributed by atoms with Gasteiger partial charge in [-0.05, 0) is 37.1 Å². The number of aromatic nitrogens is 3. The number of nitrogens with one attached hydrogen (secondary N) is 1. The fourth-order valence-corrected chi connectivity index (χ4v) is 3.72. The van der Waals surface area contributed by atoms with Crippen LogP contribution in [0.25, 0.3) is 11.0 Å². The Morgan fingerprint density at radius 1 is 1.19 bits per heavy atom. The quantitative estimate of drug-likeness (QED) is 0.699. The van der Waals surface area contributed by atoms with Gasteiger partial charge >= 0.3 is 0 Å². The molecular formula is C20H22N4O3. The lowest BCUT2D eigenvalue weighted by atomic mass is 9.89. The molecule has 0 aliphatic carbocycles. The van der Waals surface area contributed by atoms with Gasteiger partial charge in [0.05, 0.1) is 19.6 Å². The Bertz CT molecular complexity index is 969. The molecule has 1 aromatic carbocycles. The normalized spacial score (nSPS) is 17.1. The van der Waals surface area contributed by atoms with Crippen molar-refractivity contribution in [1.82, 2.24) is 15.0 Å². The van der Waals surface area contributed by atoms with Crippen molar-refractivity contribution in [3.8, 4) is 11.5 Å². The maximum atomic E-state index is 13.1. The summed E-state index contributed by atoms with van der Waals surface area (Å²) >= 11 is 0. The molecule has 0 bridgehead atoms. The zero-order valence-electron chi connectivity index (χ0n) is 15.4. The fourth-order valence-electron chi connectivity index (χ4n) is 3.72. The maximum absolute atomic E-state index is 13.1. The van der Waals surface area contributed by atoms with Crippen molar-refractivity contribution in [2.24, 2.45) is 5.92 Å². The minimum absolute atomic E-state index is 0.0826. The van der Waals surface area contributed by atoms with Crippen LogP contribution in [-0.4, -0.2) is 48.0 Å². The van der Waals surface area contributed by atoms with Gasteiger partial charge in [-0.1, -0.05) is 0 Å². The third kappa shape index (κ3) is 3.20. The highest BCUT2D eigenvalue weighted by atomic mass is 16.5. The average molecular weight is 366 g/mol. The Morgan fingerprint density at radius 2 is 2.04 bits per heavy atom. The van der Waals surface area contributed by atoms with Gasteiger partial charge in [0.25, 0.3) is 0 Å². The van der Waals surface area contributed by atoms with Gasteiger partial charge in [-0.15, -0.1) is 0 Å². The number of benzene rings is 1. The van der Waals surface area contributed by atoms with Crippen molar-refractivity contribution < 1.29 is 14.3 Å². The molecule has 0 saturated carbocycles. The summed E-state index contributed by atoms with van der Waals surface area (Å²) in [6.45, 7) is 1.53. The number of fused-ring (bicyclic) bond motifs is 1. The SMILES string of the molecule is COc1ccc(C(=O)[C@H]2CCCN(c3ncnc4[nH]ccc34)C2)cc1OC. The van der Waals surface area contributed by atoms with Crippen molar-refractivity contribution in [3.05, 3.63) is 42.4 Å². The number of aromatic amines is 1. The number of carbonyl (C=O) groups excluding carboxylic acids is 1. The highest BCUT2D eigenvalue weighted by Crippen LogP contribution is 2.31. The van der Waals surface area contributed by atoms with Crippen LogP contribution >= 0.6 is 0 Å². The van der Waals surface area contributed by atoms with Crippen LogP contribution in [0.1, 0.15) is 23.2 Å². The molecule has 1 aliphatic rings. The Balaban J connectivity index is 1.58. The molecule has 7 nitrogen and oxygen atoms in total. The molecule has 2 aromatic heterocycles. The summed E-state index contributed by atoms with van der Waals surface area (Å²) in [7, 11) is 3.16. The molecule has 1 aliphatic heterocycles. The summed E-state index contributed by atoms with van der Waals surface area (Å²) in [6.07, 6.45) is 5.23. The van der Waals surface area contributed by atoms with Gasteiger partial charge in [-0.3, -0.25) is 4.79 Å². The first-order valence-corrected chi connectivity index (χ1v) is 9.00. The van der Waals surface area contributed by atoms with Crippen LogP contribution in [-0.2, 0) is 0 Å². The summed E-state index contributed by atoms with van der Waals surface area (Å²) in [6, 6.07) is 7.32. The largest absolute Gasteiger partial charge is 0.493 e. The number of anilines is 1. The Kier molecular flexibility index (Phi) is 4.66. The Morgan fingerprint density at radius 3 is 2.85 bits per heavy atom. The summed E-state index contributed by atoms with van der Waals surface area (Å²) in [5.74, 6) is 2.11. The molecule has 140 valence electrons. The van der Waals surface area contributed by atoms with Crippen LogP contribution in [0.15, 0.2) is 36.8 Å². The van der Waals surface area contributed by atoms with Crippen LogP contribution in [0.3, 0.4) is 0 Å². The van der Waals surface area contributed by atoms with Crippen LogP contribution in [0.5, 0.6) is 11.5 Å². The zero-order valence-corrected chi connectivity index (χ0v) is 15.4. The Hall–Kier alpha value is -3.09. The number of carbonyl (C=O) groups is 1. The first-order chi connectivity index (χ1) is 13.2. The van der Waals surface area contributed by atoms with Gasteiger partial charge in [0.15, 0.2) is 17.3 Å². The van der Waals surface area contributed by atoms with E-state index in [9.17, 15) is 4.79 Å². The van der Waals surface area contributed by atoms with Crippen molar-refractivity contribution in [3.63, 3.8) is 0 Å². The molecule has 0 amide bonds.